The number of hydrogen-bond acceptors (Lipinski definition) is 3. The van der Waals surface area contributed by atoms with Gasteiger partial charge in [0.05, 0.1) is 5.69 Å². The molecule has 0 bridgehead atoms. The zero-order chi connectivity index (χ0) is 14.8. The van der Waals surface area contributed by atoms with Crippen LogP contribution >= 0.6 is 0 Å². The third-order valence-corrected chi connectivity index (χ3v) is 2.95. The molecule has 0 aliphatic heterocycles. The quantitative estimate of drug-likeness (QED) is 0.736. The average Bonchev–Trinajstić information content (AvgIpc) is 2.49. The van der Waals surface area contributed by atoms with Crippen molar-refractivity contribution in [3.05, 3.63) is 66.3 Å². The molecule has 0 aliphatic carbocycles. The first-order valence-corrected chi connectivity index (χ1v) is 6.12. The van der Waals surface area contributed by atoms with Gasteiger partial charge in [-0.1, -0.05) is 24.3 Å². The van der Waals surface area contributed by atoms with Gasteiger partial charge in [-0.2, -0.15) is 13.8 Å². The Bertz CT molecular complexity index is 831. The third kappa shape index (κ3) is 2.55. The van der Waals surface area contributed by atoms with E-state index in [0.29, 0.717) is 5.39 Å². The number of halogens is 2. The lowest BCUT2D eigenvalue weighted by Crippen LogP contribution is -2.15. The zero-order valence-electron chi connectivity index (χ0n) is 10.7. The number of pyridine rings is 2. The summed E-state index contributed by atoms with van der Waals surface area (Å²) in [6.45, 7) is 0. The largest absolute Gasteiger partial charge is 0.317 e. The van der Waals surface area contributed by atoms with Crippen LogP contribution in [0.3, 0.4) is 0 Å². The van der Waals surface area contributed by atoms with E-state index in [1.165, 1.54) is 6.20 Å². The highest BCUT2D eigenvalue weighted by Gasteiger charge is 2.14. The number of carbonyl (C=O) groups is 1. The van der Waals surface area contributed by atoms with Gasteiger partial charge in [0.25, 0.3) is 5.91 Å². The molecule has 1 amide bonds. The standard InChI is InChI=1S/C15H9F2N3O/c16-12-6-5-11(14(17)20-12)19-15(21)13-10-4-2-1-3-9(10)7-8-18-13/h1-8H,(H,19,21). The van der Waals surface area contributed by atoms with E-state index in [0.717, 1.165) is 17.5 Å². The normalized spacial score (nSPS) is 10.6. The summed E-state index contributed by atoms with van der Waals surface area (Å²) in [5.41, 5.74) is -0.0343. The Morgan fingerprint density at radius 2 is 1.86 bits per heavy atom. The zero-order valence-corrected chi connectivity index (χ0v) is 10.7. The molecule has 0 saturated carbocycles. The summed E-state index contributed by atoms with van der Waals surface area (Å²) in [4.78, 5) is 19.2. The first-order valence-electron chi connectivity index (χ1n) is 6.12. The Morgan fingerprint density at radius 3 is 2.67 bits per heavy atom. The summed E-state index contributed by atoms with van der Waals surface area (Å²) in [6, 6.07) is 11.1. The summed E-state index contributed by atoms with van der Waals surface area (Å²) in [6.07, 6.45) is 1.50. The van der Waals surface area contributed by atoms with Gasteiger partial charge >= 0.3 is 0 Å². The fraction of sp³-hybridized carbons (Fsp3) is 0. The van der Waals surface area contributed by atoms with E-state index >= 15 is 0 Å². The van der Waals surface area contributed by atoms with Gasteiger partial charge in [-0.15, -0.1) is 0 Å². The smallest absolute Gasteiger partial charge is 0.275 e. The Kier molecular flexibility index (Phi) is 3.27. The number of rotatable bonds is 2. The molecule has 3 aromatic rings. The molecule has 1 N–H and O–H groups in total. The summed E-state index contributed by atoms with van der Waals surface area (Å²) < 4.78 is 26.2. The summed E-state index contributed by atoms with van der Waals surface area (Å²) in [7, 11) is 0. The molecule has 2 aromatic heterocycles. The third-order valence-electron chi connectivity index (χ3n) is 2.95. The van der Waals surface area contributed by atoms with Crippen LogP contribution in [0.4, 0.5) is 14.5 Å². The summed E-state index contributed by atoms with van der Waals surface area (Å²) in [5.74, 6) is -2.61. The minimum Gasteiger partial charge on any atom is -0.317 e. The van der Waals surface area contributed by atoms with E-state index in [9.17, 15) is 13.6 Å². The van der Waals surface area contributed by atoms with E-state index in [2.05, 4.69) is 15.3 Å². The number of anilines is 1. The number of fused-ring (bicyclic) bond motifs is 1. The second kappa shape index (κ2) is 5.24. The highest BCUT2D eigenvalue weighted by atomic mass is 19.1. The Morgan fingerprint density at radius 1 is 1.05 bits per heavy atom. The van der Waals surface area contributed by atoms with Gasteiger partial charge in [0.2, 0.25) is 11.9 Å². The molecule has 6 heteroatoms. The van der Waals surface area contributed by atoms with Crippen molar-refractivity contribution in [2.24, 2.45) is 0 Å². The molecule has 0 saturated heterocycles. The number of carbonyl (C=O) groups excluding carboxylic acids is 1. The number of amides is 1. The monoisotopic (exact) mass is 285 g/mol. The van der Waals surface area contributed by atoms with Crippen LogP contribution in [0.1, 0.15) is 10.5 Å². The van der Waals surface area contributed by atoms with E-state index in [1.807, 2.05) is 12.1 Å². The van der Waals surface area contributed by atoms with Gasteiger partial charge in [0.1, 0.15) is 5.69 Å². The summed E-state index contributed by atoms with van der Waals surface area (Å²) in [5, 5.41) is 3.83. The second-order valence-electron chi connectivity index (χ2n) is 4.31. The molecule has 0 spiro atoms. The number of nitrogens with one attached hydrogen (secondary N) is 1. The molecule has 0 atom stereocenters. The Hall–Kier alpha value is -2.89. The maximum atomic E-state index is 13.5. The topological polar surface area (TPSA) is 54.9 Å². The first-order chi connectivity index (χ1) is 10.1. The van der Waals surface area contributed by atoms with Crippen LogP contribution in [0, 0.1) is 11.9 Å². The van der Waals surface area contributed by atoms with Gasteiger partial charge in [-0.25, -0.2) is 0 Å². The number of hydrogen-bond donors (Lipinski definition) is 1. The van der Waals surface area contributed by atoms with Crippen LogP contribution in [-0.4, -0.2) is 15.9 Å². The van der Waals surface area contributed by atoms with Crippen LogP contribution in [-0.2, 0) is 0 Å². The number of aromatic nitrogens is 2. The highest BCUT2D eigenvalue weighted by molar-refractivity contribution is 6.11. The molecular formula is C15H9F2N3O. The minimum atomic E-state index is -1.08. The molecule has 0 radical (unpaired) electrons. The first kappa shape index (κ1) is 13.1. The molecular weight excluding hydrogens is 276 g/mol. The van der Waals surface area contributed by atoms with Crippen molar-refractivity contribution in [1.29, 1.82) is 0 Å². The fourth-order valence-electron chi connectivity index (χ4n) is 1.99. The Labute approximate surface area is 118 Å². The van der Waals surface area contributed by atoms with Crippen LogP contribution in [0.25, 0.3) is 10.8 Å². The molecule has 1 aromatic carbocycles. The predicted octanol–water partition coefficient (Wildman–Crippen LogP) is 3.16. The highest BCUT2D eigenvalue weighted by Crippen LogP contribution is 2.18. The maximum Gasteiger partial charge on any atom is 0.275 e. The molecule has 104 valence electrons. The van der Waals surface area contributed by atoms with Gasteiger partial charge in [0, 0.05) is 11.6 Å². The molecule has 21 heavy (non-hydrogen) atoms. The summed E-state index contributed by atoms with van der Waals surface area (Å²) >= 11 is 0. The SMILES string of the molecule is O=C(Nc1ccc(F)nc1F)c1nccc2ccccc12. The average molecular weight is 285 g/mol. The van der Waals surface area contributed by atoms with Crippen molar-refractivity contribution in [2.45, 2.75) is 0 Å². The lowest BCUT2D eigenvalue weighted by atomic mass is 10.1. The number of benzene rings is 1. The fourth-order valence-corrected chi connectivity index (χ4v) is 1.99. The van der Waals surface area contributed by atoms with Gasteiger partial charge in [-0.3, -0.25) is 9.78 Å². The van der Waals surface area contributed by atoms with Gasteiger partial charge in [0.15, 0.2) is 0 Å². The predicted molar refractivity (Wildman–Crippen MR) is 73.8 cm³/mol. The van der Waals surface area contributed by atoms with Crippen molar-refractivity contribution in [1.82, 2.24) is 9.97 Å². The molecule has 4 nitrogen and oxygen atoms in total. The van der Waals surface area contributed by atoms with Crippen LogP contribution in [0.5, 0.6) is 0 Å². The minimum absolute atomic E-state index is 0.164. The molecule has 0 unspecified atom stereocenters. The van der Waals surface area contributed by atoms with Crippen molar-refractivity contribution in [3.8, 4) is 0 Å². The van der Waals surface area contributed by atoms with E-state index in [1.54, 1.807) is 18.2 Å². The molecule has 2 heterocycles. The van der Waals surface area contributed by atoms with Crippen molar-refractivity contribution in [2.75, 3.05) is 5.32 Å². The molecule has 3 rings (SSSR count). The number of nitrogens with zero attached hydrogens (tertiary/aromatic N) is 2. The van der Waals surface area contributed by atoms with Crippen molar-refractivity contribution < 1.29 is 13.6 Å². The van der Waals surface area contributed by atoms with E-state index in [-0.39, 0.29) is 11.4 Å². The van der Waals surface area contributed by atoms with Gasteiger partial charge < -0.3 is 5.32 Å². The van der Waals surface area contributed by atoms with Gasteiger partial charge in [-0.05, 0) is 23.6 Å². The van der Waals surface area contributed by atoms with Crippen LogP contribution in [0.2, 0.25) is 0 Å². The lowest BCUT2D eigenvalue weighted by molar-refractivity contribution is 0.102. The van der Waals surface area contributed by atoms with E-state index in [4.69, 9.17) is 0 Å². The second-order valence-corrected chi connectivity index (χ2v) is 4.31. The lowest BCUT2D eigenvalue weighted by Gasteiger charge is -2.07. The van der Waals surface area contributed by atoms with E-state index < -0.39 is 17.8 Å². The molecule has 0 fully saturated rings. The van der Waals surface area contributed by atoms with Crippen molar-refractivity contribution >= 4 is 22.4 Å². The van der Waals surface area contributed by atoms with Crippen LogP contribution in [0.15, 0.2) is 48.7 Å². The van der Waals surface area contributed by atoms with Crippen molar-refractivity contribution in [3.63, 3.8) is 0 Å². The molecule has 0 aliphatic rings. The van der Waals surface area contributed by atoms with Crippen LogP contribution < -0.4 is 5.32 Å². The Balaban J connectivity index is 1.97. The maximum absolute atomic E-state index is 13.5.